The van der Waals surface area contributed by atoms with Gasteiger partial charge in [-0.05, 0) is 50.2 Å². The quantitative estimate of drug-likeness (QED) is 0.542. The monoisotopic (exact) mass is 406 g/mol. The minimum absolute atomic E-state index is 0.0449. The zero-order valence-electron chi connectivity index (χ0n) is 16.9. The first kappa shape index (κ1) is 19.4. The van der Waals surface area contributed by atoms with Crippen molar-refractivity contribution in [2.24, 2.45) is 23.7 Å². The first-order valence-electron chi connectivity index (χ1n) is 10.5. The van der Waals surface area contributed by atoms with E-state index in [9.17, 15) is 9.18 Å². The number of esters is 1. The molecule has 2 bridgehead atoms. The highest BCUT2D eigenvalue weighted by Crippen LogP contribution is 2.60. The van der Waals surface area contributed by atoms with Crippen LogP contribution in [0.1, 0.15) is 56.8 Å². The molecule has 1 aromatic carbocycles. The van der Waals surface area contributed by atoms with Crippen LogP contribution in [0.4, 0.5) is 4.39 Å². The second-order valence-electron chi connectivity index (χ2n) is 9.16. The smallest absolute Gasteiger partial charge is 0.343 e. The Labute approximate surface area is 169 Å². The highest BCUT2D eigenvalue weighted by Gasteiger charge is 2.69. The van der Waals surface area contributed by atoms with Gasteiger partial charge in [0, 0.05) is 18.3 Å². The molecule has 1 saturated carbocycles. The van der Waals surface area contributed by atoms with E-state index in [2.05, 4.69) is 6.92 Å². The van der Waals surface area contributed by atoms with E-state index in [1.165, 1.54) is 18.2 Å². The minimum atomic E-state index is -0.891. The van der Waals surface area contributed by atoms with E-state index in [1.807, 2.05) is 13.8 Å². The van der Waals surface area contributed by atoms with Crippen molar-refractivity contribution in [1.82, 2.24) is 0 Å². The van der Waals surface area contributed by atoms with Crippen LogP contribution in [0.5, 0.6) is 0 Å². The van der Waals surface area contributed by atoms with Crippen molar-refractivity contribution < 1.29 is 33.2 Å². The summed E-state index contributed by atoms with van der Waals surface area (Å²) in [7, 11) is 0. The Morgan fingerprint density at radius 3 is 2.72 bits per heavy atom. The molecule has 0 amide bonds. The molecular formula is C22H27FO6. The second kappa shape index (κ2) is 6.74. The Balaban J connectivity index is 1.46. The van der Waals surface area contributed by atoms with E-state index in [0.717, 1.165) is 19.3 Å². The molecule has 1 spiro atoms. The number of benzene rings is 1. The molecule has 1 aromatic rings. The first-order valence-corrected chi connectivity index (χ1v) is 10.5. The van der Waals surface area contributed by atoms with Crippen LogP contribution in [0.2, 0.25) is 0 Å². The number of hydrogen-bond donors (Lipinski definition) is 0. The predicted octanol–water partition coefficient (Wildman–Crippen LogP) is 4.19. The molecule has 0 aromatic heterocycles. The highest BCUT2D eigenvalue weighted by molar-refractivity contribution is 5.89. The summed E-state index contributed by atoms with van der Waals surface area (Å²) in [5.41, 5.74) is -0.817. The van der Waals surface area contributed by atoms with Crippen LogP contribution >= 0.6 is 0 Å². The van der Waals surface area contributed by atoms with E-state index >= 15 is 0 Å². The summed E-state index contributed by atoms with van der Waals surface area (Å²) in [4.78, 5) is 24.5. The zero-order chi connectivity index (χ0) is 20.4. The summed E-state index contributed by atoms with van der Waals surface area (Å²) >= 11 is 0. The first-order chi connectivity index (χ1) is 13.8. The molecule has 7 heteroatoms. The van der Waals surface area contributed by atoms with Gasteiger partial charge in [0.1, 0.15) is 5.82 Å². The zero-order valence-corrected chi connectivity index (χ0v) is 16.9. The van der Waals surface area contributed by atoms with Gasteiger partial charge in [-0.15, -0.1) is 0 Å². The molecule has 8 atom stereocenters. The number of carbonyl (C=O) groups is 1. The highest BCUT2D eigenvalue weighted by atomic mass is 19.1. The lowest BCUT2D eigenvalue weighted by molar-refractivity contribution is -0.576. The maximum Gasteiger partial charge on any atom is 0.343 e. The van der Waals surface area contributed by atoms with Crippen molar-refractivity contribution >= 4 is 5.97 Å². The Kier molecular flexibility index (Phi) is 4.51. The molecule has 158 valence electrons. The molecule has 4 saturated heterocycles. The largest absolute Gasteiger partial charge is 0.432 e. The molecule has 6 rings (SSSR count). The SMILES string of the molecule is C[C@H]1[C@@H](OC(=O)c2ccccc2F)O[C@@H]2O[C@@]3(C)CC[C@H]4[C@H](C)CC[C@H]1[C@@]24OO3. The maximum atomic E-state index is 14.0. The Morgan fingerprint density at radius 2 is 1.93 bits per heavy atom. The predicted molar refractivity (Wildman–Crippen MR) is 98.6 cm³/mol. The molecule has 5 aliphatic rings. The van der Waals surface area contributed by atoms with Crippen LogP contribution in [-0.2, 0) is 24.0 Å². The molecule has 0 unspecified atom stereocenters. The van der Waals surface area contributed by atoms with Gasteiger partial charge in [-0.1, -0.05) is 26.0 Å². The van der Waals surface area contributed by atoms with E-state index in [1.54, 1.807) is 6.07 Å². The fourth-order valence-corrected chi connectivity index (χ4v) is 5.80. The Hall–Kier alpha value is -1.54. The van der Waals surface area contributed by atoms with Gasteiger partial charge in [0.25, 0.3) is 0 Å². The van der Waals surface area contributed by atoms with Gasteiger partial charge < -0.3 is 14.2 Å². The molecule has 1 aliphatic carbocycles. The summed E-state index contributed by atoms with van der Waals surface area (Å²) in [6.07, 6.45) is 2.06. The number of hydrogen-bond acceptors (Lipinski definition) is 6. The third-order valence-electron chi connectivity index (χ3n) is 7.41. The van der Waals surface area contributed by atoms with E-state index in [-0.39, 0.29) is 23.3 Å². The summed E-state index contributed by atoms with van der Waals surface area (Å²) in [5.74, 6) is -1.65. The van der Waals surface area contributed by atoms with Gasteiger partial charge in [-0.3, -0.25) is 0 Å². The lowest BCUT2D eigenvalue weighted by atomic mass is 9.58. The summed E-state index contributed by atoms with van der Waals surface area (Å²) in [6.45, 7) is 6.08. The average molecular weight is 406 g/mol. The van der Waals surface area contributed by atoms with Gasteiger partial charge in [0.15, 0.2) is 11.9 Å². The number of halogens is 1. The Bertz CT molecular complexity index is 816. The van der Waals surface area contributed by atoms with Crippen molar-refractivity contribution in [3.63, 3.8) is 0 Å². The van der Waals surface area contributed by atoms with Crippen molar-refractivity contribution in [3.05, 3.63) is 35.6 Å². The van der Waals surface area contributed by atoms with Gasteiger partial charge in [-0.25, -0.2) is 19.0 Å². The van der Waals surface area contributed by atoms with Crippen molar-refractivity contribution in [2.75, 3.05) is 0 Å². The van der Waals surface area contributed by atoms with Gasteiger partial charge in [0.2, 0.25) is 12.1 Å². The lowest BCUT2D eigenvalue weighted by Crippen LogP contribution is -2.70. The molecule has 0 N–H and O–H groups in total. The summed E-state index contributed by atoms with van der Waals surface area (Å²) in [5, 5.41) is 0. The number of ether oxygens (including phenoxy) is 3. The van der Waals surface area contributed by atoms with Crippen molar-refractivity contribution in [2.45, 2.75) is 70.4 Å². The molecule has 29 heavy (non-hydrogen) atoms. The minimum Gasteiger partial charge on any atom is -0.432 e. The van der Waals surface area contributed by atoms with E-state index in [4.69, 9.17) is 24.0 Å². The number of rotatable bonds is 2. The second-order valence-corrected chi connectivity index (χ2v) is 9.16. The average Bonchev–Trinajstić information content (AvgIpc) is 2.92. The number of carbonyl (C=O) groups excluding carboxylic acids is 1. The van der Waals surface area contributed by atoms with Crippen LogP contribution in [-0.4, -0.2) is 29.9 Å². The standard InChI is InChI=1S/C22H27FO6/c1-12-8-9-16-13(2)19(25-18(24)14-6-4-5-7-17(14)23)26-20-22(16)15(12)10-11-21(3,27-20)28-29-22/h4-7,12-13,15-16,19-20H,8-11H2,1-3H3/t12-,13-,15+,16-,19+,20-,21-,22-/m1/s1. The molecule has 4 heterocycles. The third kappa shape index (κ3) is 2.86. The van der Waals surface area contributed by atoms with Crippen LogP contribution in [0.25, 0.3) is 0 Å². The number of fused-ring (bicyclic) bond motifs is 2. The van der Waals surface area contributed by atoms with Crippen LogP contribution < -0.4 is 0 Å². The van der Waals surface area contributed by atoms with Crippen LogP contribution in [0.3, 0.4) is 0 Å². The van der Waals surface area contributed by atoms with E-state index < -0.39 is 35.8 Å². The van der Waals surface area contributed by atoms with Crippen LogP contribution in [0, 0.1) is 29.5 Å². The third-order valence-corrected chi connectivity index (χ3v) is 7.41. The maximum absolute atomic E-state index is 14.0. The lowest BCUT2D eigenvalue weighted by Gasteiger charge is -2.59. The van der Waals surface area contributed by atoms with Crippen LogP contribution in [0.15, 0.2) is 24.3 Å². The molecular weight excluding hydrogens is 379 g/mol. The van der Waals surface area contributed by atoms with Gasteiger partial charge in [0.05, 0.1) is 5.56 Å². The molecule has 6 nitrogen and oxygen atoms in total. The van der Waals surface area contributed by atoms with Gasteiger partial charge in [-0.2, -0.15) is 0 Å². The summed E-state index contributed by atoms with van der Waals surface area (Å²) < 4.78 is 32.1. The Morgan fingerprint density at radius 1 is 1.14 bits per heavy atom. The molecule has 0 radical (unpaired) electrons. The fraction of sp³-hybridized carbons (Fsp3) is 0.682. The normalized spacial score (nSPS) is 45.9. The molecule has 4 aliphatic heterocycles. The fourth-order valence-electron chi connectivity index (χ4n) is 5.80. The molecule has 5 fully saturated rings. The van der Waals surface area contributed by atoms with Crippen molar-refractivity contribution in [1.29, 1.82) is 0 Å². The van der Waals surface area contributed by atoms with Crippen molar-refractivity contribution in [3.8, 4) is 0 Å². The summed E-state index contributed by atoms with van der Waals surface area (Å²) in [6, 6.07) is 5.79. The van der Waals surface area contributed by atoms with E-state index in [0.29, 0.717) is 12.3 Å². The topological polar surface area (TPSA) is 63.2 Å². The van der Waals surface area contributed by atoms with Gasteiger partial charge >= 0.3 is 5.97 Å².